The minimum Gasteiger partial charge on any atom is -0.353 e. The van der Waals surface area contributed by atoms with Gasteiger partial charge in [-0.3, -0.25) is 0 Å². The van der Waals surface area contributed by atoms with Crippen LogP contribution in [0.15, 0.2) is 53.2 Å². The SMILES string of the molecule is c1ccc(N2CCN(c3nnc(-c4nc(C5CC5)no4)c4ccccc34)CC2)nc1. The van der Waals surface area contributed by atoms with Crippen molar-refractivity contribution in [3.05, 3.63) is 54.5 Å². The number of benzene rings is 1. The Morgan fingerprint density at radius 1 is 0.833 bits per heavy atom. The highest BCUT2D eigenvalue weighted by atomic mass is 16.5. The van der Waals surface area contributed by atoms with Crippen molar-refractivity contribution >= 4 is 22.4 Å². The Balaban J connectivity index is 1.30. The van der Waals surface area contributed by atoms with E-state index in [0.29, 0.717) is 17.5 Å². The van der Waals surface area contributed by atoms with E-state index in [-0.39, 0.29) is 0 Å². The van der Waals surface area contributed by atoms with Gasteiger partial charge in [0.1, 0.15) is 5.82 Å². The first-order valence-electron chi connectivity index (χ1n) is 10.4. The lowest BCUT2D eigenvalue weighted by atomic mass is 10.1. The summed E-state index contributed by atoms with van der Waals surface area (Å²) < 4.78 is 5.52. The highest BCUT2D eigenvalue weighted by Crippen LogP contribution is 2.39. The minimum atomic E-state index is 0.441. The monoisotopic (exact) mass is 399 g/mol. The summed E-state index contributed by atoms with van der Waals surface area (Å²) in [6.07, 6.45) is 4.11. The van der Waals surface area contributed by atoms with E-state index in [0.717, 1.165) is 67.3 Å². The molecule has 8 heteroatoms. The first kappa shape index (κ1) is 17.3. The molecular formula is C22H21N7O. The van der Waals surface area contributed by atoms with Crippen molar-refractivity contribution in [1.29, 1.82) is 0 Å². The topological polar surface area (TPSA) is 84.1 Å². The Labute approximate surface area is 173 Å². The fourth-order valence-corrected chi connectivity index (χ4v) is 4.01. The van der Waals surface area contributed by atoms with Crippen LogP contribution in [-0.4, -0.2) is 51.5 Å². The van der Waals surface area contributed by atoms with Gasteiger partial charge in [0.2, 0.25) is 0 Å². The number of piperazine rings is 1. The zero-order valence-electron chi connectivity index (χ0n) is 16.5. The van der Waals surface area contributed by atoms with Gasteiger partial charge in [0, 0.05) is 49.1 Å². The molecular weight excluding hydrogens is 378 g/mol. The lowest BCUT2D eigenvalue weighted by Gasteiger charge is -2.36. The molecule has 0 N–H and O–H groups in total. The van der Waals surface area contributed by atoms with E-state index in [1.165, 1.54) is 0 Å². The van der Waals surface area contributed by atoms with E-state index in [1.54, 1.807) is 0 Å². The van der Waals surface area contributed by atoms with Gasteiger partial charge >= 0.3 is 0 Å². The Bertz CT molecular complexity index is 1180. The van der Waals surface area contributed by atoms with Crippen molar-refractivity contribution in [2.75, 3.05) is 36.0 Å². The van der Waals surface area contributed by atoms with E-state index in [4.69, 9.17) is 4.52 Å². The second-order valence-electron chi connectivity index (χ2n) is 7.81. The summed E-state index contributed by atoms with van der Waals surface area (Å²) in [6.45, 7) is 3.51. The van der Waals surface area contributed by atoms with Gasteiger partial charge in [-0.15, -0.1) is 10.2 Å². The van der Waals surface area contributed by atoms with Crippen molar-refractivity contribution in [2.24, 2.45) is 0 Å². The molecule has 4 aromatic rings. The van der Waals surface area contributed by atoms with E-state index < -0.39 is 0 Å². The molecule has 1 aliphatic carbocycles. The summed E-state index contributed by atoms with van der Waals surface area (Å²) in [6, 6.07) is 14.2. The highest BCUT2D eigenvalue weighted by Gasteiger charge is 2.30. The molecule has 0 bridgehead atoms. The third kappa shape index (κ3) is 3.04. The molecule has 0 radical (unpaired) electrons. The predicted octanol–water partition coefficient (Wildman–Crippen LogP) is 3.28. The fourth-order valence-electron chi connectivity index (χ4n) is 4.01. The predicted molar refractivity (Wildman–Crippen MR) is 113 cm³/mol. The number of pyridine rings is 1. The number of hydrogen-bond acceptors (Lipinski definition) is 8. The largest absolute Gasteiger partial charge is 0.353 e. The van der Waals surface area contributed by atoms with Crippen LogP contribution in [0.3, 0.4) is 0 Å². The van der Waals surface area contributed by atoms with E-state index >= 15 is 0 Å². The highest BCUT2D eigenvalue weighted by molar-refractivity contribution is 5.99. The molecule has 30 heavy (non-hydrogen) atoms. The van der Waals surface area contributed by atoms with Crippen LogP contribution in [0.2, 0.25) is 0 Å². The lowest BCUT2D eigenvalue weighted by molar-refractivity contribution is 0.421. The molecule has 4 heterocycles. The summed E-state index contributed by atoms with van der Waals surface area (Å²) in [7, 11) is 0. The second kappa shape index (κ2) is 7.05. The van der Waals surface area contributed by atoms with Crippen LogP contribution in [0, 0.1) is 0 Å². The second-order valence-corrected chi connectivity index (χ2v) is 7.81. The zero-order valence-corrected chi connectivity index (χ0v) is 16.5. The van der Waals surface area contributed by atoms with E-state index in [2.05, 4.69) is 47.3 Å². The van der Waals surface area contributed by atoms with Crippen LogP contribution in [-0.2, 0) is 0 Å². The molecule has 0 amide bonds. The quantitative estimate of drug-likeness (QED) is 0.517. The van der Waals surface area contributed by atoms with Crippen LogP contribution in [0.4, 0.5) is 11.6 Å². The van der Waals surface area contributed by atoms with Crippen LogP contribution in [0.1, 0.15) is 24.6 Å². The molecule has 0 unspecified atom stereocenters. The smallest absolute Gasteiger partial charge is 0.279 e. The first-order valence-corrected chi connectivity index (χ1v) is 10.4. The Morgan fingerprint density at radius 3 is 2.37 bits per heavy atom. The van der Waals surface area contributed by atoms with Gasteiger partial charge in [-0.1, -0.05) is 35.5 Å². The summed E-state index contributed by atoms with van der Waals surface area (Å²) in [4.78, 5) is 13.6. The van der Waals surface area contributed by atoms with Gasteiger partial charge in [-0.25, -0.2) is 4.98 Å². The standard InChI is InChI=1S/C22H21N7O/c1-2-6-17-16(5-1)19(22-24-20(27-30-22)15-8-9-15)25-26-21(17)29-13-11-28(12-14-29)18-7-3-4-10-23-18/h1-7,10,15H,8-9,11-14H2. The lowest BCUT2D eigenvalue weighted by Crippen LogP contribution is -2.47. The van der Waals surface area contributed by atoms with Gasteiger partial charge in [-0.05, 0) is 25.0 Å². The number of nitrogens with zero attached hydrogens (tertiary/aromatic N) is 7. The number of fused-ring (bicyclic) bond motifs is 1. The molecule has 1 saturated carbocycles. The molecule has 3 aromatic heterocycles. The number of hydrogen-bond donors (Lipinski definition) is 0. The number of aromatic nitrogens is 5. The molecule has 0 spiro atoms. The van der Waals surface area contributed by atoms with Gasteiger partial charge in [0.05, 0.1) is 0 Å². The average Bonchev–Trinajstić information content (AvgIpc) is 3.56. The first-order chi connectivity index (χ1) is 14.9. The molecule has 150 valence electrons. The van der Waals surface area contributed by atoms with Gasteiger partial charge in [0.25, 0.3) is 5.89 Å². The summed E-state index contributed by atoms with van der Waals surface area (Å²) in [5, 5.41) is 15.3. The normalized spacial score (nSPS) is 16.9. The minimum absolute atomic E-state index is 0.441. The van der Waals surface area contributed by atoms with Crippen molar-refractivity contribution in [1.82, 2.24) is 25.3 Å². The van der Waals surface area contributed by atoms with Gasteiger partial charge in [0.15, 0.2) is 17.3 Å². The van der Waals surface area contributed by atoms with Gasteiger partial charge < -0.3 is 14.3 Å². The Hall–Kier alpha value is -3.55. The van der Waals surface area contributed by atoms with Gasteiger partial charge in [-0.2, -0.15) is 4.98 Å². The Kier molecular flexibility index (Phi) is 4.07. The number of rotatable bonds is 4. The molecule has 0 atom stereocenters. The fraction of sp³-hybridized carbons (Fsp3) is 0.318. The number of anilines is 2. The average molecular weight is 399 g/mol. The zero-order chi connectivity index (χ0) is 19.9. The molecule has 6 rings (SSSR count). The molecule has 1 saturated heterocycles. The van der Waals surface area contributed by atoms with Crippen LogP contribution in [0.5, 0.6) is 0 Å². The molecule has 2 fully saturated rings. The van der Waals surface area contributed by atoms with Crippen LogP contribution < -0.4 is 9.80 Å². The van der Waals surface area contributed by atoms with E-state index in [9.17, 15) is 0 Å². The van der Waals surface area contributed by atoms with Crippen LogP contribution >= 0.6 is 0 Å². The van der Waals surface area contributed by atoms with Crippen LogP contribution in [0.25, 0.3) is 22.4 Å². The maximum Gasteiger partial charge on any atom is 0.279 e. The Morgan fingerprint density at radius 2 is 1.60 bits per heavy atom. The van der Waals surface area contributed by atoms with Crippen molar-refractivity contribution in [3.8, 4) is 11.6 Å². The summed E-state index contributed by atoms with van der Waals surface area (Å²) in [5.41, 5.74) is 0.654. The maximum atomic E-state index is 5.52. The summed E-state index contributed by atoms with van der Waals surface area (Å²) in [5.74, 6) is 3.59. The molecule has 1 aliphatic heterocycles. The van der Waals surface area contributed by atoms with Crippen molar-refractivity contribution < 1.29 is 4.52 Å². The molecule has 1 aromatic carbocycles. The maximum absolute atomic E-state index is 5.52. The molecule has 8 nitrogen and oxygen atoms in total. The molecule has 2 aliphatic rings. The van der Waals surface area contributed by atoms with Crippen molar-refractivity contribution in [2.45, 2.75) is 18.8 Å². The van der Waals surface area contributed by atoms with E-state index in [1.807, 2.05) is 36.5 Å². The third-order valence-electron chi connectivity index (χ3n) is 5.81. The van der Waals surface area contributed by atoms with Crippen molar-refractivity contribution in [3.63, 3.8) is 0 Å². The summed E-state index contributed by atoms with van der Waals surface area (Å²) >= 11 is 0. The third-order valence-corrected chi connectivity index (χ3v) is 5.81.